The maximum atomic E-state index is 12.9. The Hall–Kier alpha value is -3.16. The molecule has 1 fully saturated rings. The molecule has 0 aliphatic carbocycles. The monoisotopic (exact) mass is 367 g/mol. The van der Waals surface area contributed by atoms with Crippen LogP contribution in [0.1, 0.15) is 36.7 Å². The van der Waals surface area contributed by atoms with Crippen LogP contribution >= 0.6 is 0 Å². The van der Waals surface area contributed by atoms with Crippen LogP contribution in [0, 0.1) is 0 Å². The molecule has 1 aromatic heterocycles. The summed E-state index contributed by atoms with van der Waals surface area (Å²) in [6.07, 6.45) is 1.63. The van der Waals surface area contributed by atoms with Crippen LogP contribution in [-0.2, 0) is 16.1 Å². The van der Waals surface area contributed by atoms with E-state index in [1.165, 1.54) is 0 Å². The number of benzene rings is 1. The van der Waals surface area contributed by atoms with Crippen molar-refractivity contribution in [3.8, 4) is 0 Å². The van der Waals surface area contributed by atoms with E-state index in [1.807, 2.05) is 30.3 Å². The topological polar surface area (TPSA) is 98.4 Å². The van der Waals surface area contributed by atoms with Crippen molar-refractivity contribution in [1.82, 2.24) is 25.1 Å². The van der Waals surface area contributed by atoms with Crippen LogP contribution in [0.4, 0.5) is 4.79 Å². The molecule has 4 amide bonds. The summed E-state index contributed by atoms with van der Waals surface area (Å²) in [7, 11) is 0. The minimum absolute atomic E-state index is 0.0512. The second kappa shape index (κ2) is 6.22. The van der Waals surface area contributed by atoms with Gasteiger partial charge in [0.25, 0.3) is 5.91 Å². The normalized spacial score (nSPS) is 21.2. The van der Waals surface area contributed by atoms with Crippen LogP contribution in [0.5, 0.6) is 0 Å². The van der Waals surface area contributed by atoms with Gasteiger partial charge in [0.15, 0.2) is 0 Å². The first kappa shape index (κ1) is 17.3. The van der Waals surface area contributed by atoms with E-state index >= 15 is 0 Å². The molecule has 4 rings (SSSR count). The first-order chi connectivity index (χ1) is 12.9. The Balaban J connectivity index is 1.56. The summed E-state index contributed by atoms with van der Waals surface area (Å²) >= 11 is 0. The summed E-state index contributed by atoms with van der Waals surface area (Å²) in [5, 5.41) is 2.60. The van der Waals surface area contributed by atoms with Crippen molar-refractivity contribution in [2.24, 2.45) is 0 Å². The highest BCUT2D eigenvalue weighted by atomic mass is 16.2. The van der Waals surface area contributed by atoms with Crippen molar-refractivity contribution in [3.63, 3.8) is 0 Å². The average Bonchev–Trinajstić information content (AvgIpc) is 3.19. The number of amides is 4. The molecule has 2 aliphatic heterocycles. The highest BCUT2D eigenvalue weighted by Gasteiger charge is 2.45. The molecule has 2 N–H and O–H groups in total. The van der Waals surface area contributed by atoms with E-state index in [4.69, 9.17) is 0 Å². The molecular weight excluding hydrogens is 346 g/mol. The van der Waals surface area contributed by atoms with Crippen LogP contribution in [0.3, 0.4) is 0 Å². The van der Waals surface area contributed by atoms with E-state index in [9.17, 15) is 14.4 Å². The van der Waals surface area contributed by atoms with Gasteiger partial charge in [0, 0.05) is 12.5 Å². The molecule has 1 atom stereocenters. The Kier molecular flexibility index (Phi) is 3.98. The third kappa shape index (κ3) is 2.97. The molecule has 1 unspecified atom stereocenters. The van der Waals surface area contributed by atoms with Gasteiger partial charge >= 0.3 is 6.03 Å². The lowest BCUT2D eigenvalue weighted by Crippen LogP contribution is -2.46. The number of aromatic nitrogens is 2. The van der Waals surface area contributed by atoms with E-state index in [1.54, 1.807) is 25.1 Å². The Morgan fingerprint density at radius 1 is 1.26 bits per heavy atom. The van der Waals surface area contributed by atoms with E-state index in [2.05, 4.69) is 15.3 Å². The second-order valence-corrected chi connectivity index (χ2v) is 7.45. The Bertz CT molecular complexity index is 905. The van der Waals surface area contributed by atoms with Gasteiger partial charge in [-0.25, -0.2) is 9.78 Å². The van der Waals surface area contributed by atoms with Crippen molar-refractivity contribution in [2.45, 2.75) is 31.8 Å². The largest absolute Gasteiger partial charge is 0.347 e. The number of imidazole rings is 1. The highest BCUT2D eigenvalue weighted by Crippen LogP contribution is 2.31. The van der Waals surface area contributed by atoms with Crippen LogP contribution in [-0.4, -0.2) is 56.2 Å². The summed E-state index contributed by atoms with van der Waals surface area (Å²) in [5.74, 6) is -0.707. The van der Waals surface area contributed by atoms with Gasteiger partial charge < -0.3 is 15.2 Å². The second-order valence-electron chi connectivity index (χ2n) is 7.45. The van der Waals surface area contributed by atoms with Crippen LogP contribution < -0.4 is 5.32 Å². The molecule has 1 saturated heterocycles. The molecule has 8 nitrogen and oxygen atoms in total. The summed E-state index contributed by atoms with van der Waals surface area (Å²) in [5.41, 5.74) is 1.89. The molecule has 2 aliphatic rings. The number of rotatable bonds is 3. The number of nitrogens with one attached hydrogen (secondary N) is 2. The molecule has 0 bridgehead atoms. The van der Waals surface area contributed by atoms with E-state index in [0.717, 1.165) is 21.9 Å². The molecule has 2 aromatic rings. The molecular formula is C19H21N5O3. The molecule has 140 valence electrons. The fraction of sp³-hybridized carbons (Fsp3) is 0.368. The van der Waals surface area contributed by atoms with Crippen molar-refractivity contribution < 1.29 is 14.4 Å². The SMILES string of the molecule is CC1(C)NC(=O)N(CC(=O)N2Cc3[nH]cnc3C(c3ccccc3)C2)C1=O. The number of aromatic amines is 1. The Morgan fingerprint density at radius 3 is 2.67 bits per heavy atom. The molecule has 1 aromatic carbocycles. The van der Waals surface area contributed by atoms with Gasteiger partial charge in [-0.3, -0.25) is 14.5 Å². The fourth-order valence-electron chi connectivity index (χ4n) is 3.66. The number of urea groups is 1. The van der Waals surface area contributed by atoms with Crippen molar-refractivity contribution in [3.05, 3.63) is 53.6 Å². The average molecular weight is 367 g/mol. The summed E-state index contributed by atoms with van der Waals surface area (Å²) < 4.78 is 0. The molecule has 3 heterocycles. The molecule has 0 radical (unpaired) electrons. The zero-order chi connectivity index (χ0) is 19.2. The van der Waals surface area contributed by atoms with Crippen molar-refractivity contribution in [1.29, 1.82) is 0 Å². The van der Waals surface area contributed by atoms with Gasteiger partial charge in [0.05, 0.1) is 24.3 Å². The number of nitrogens with zero attached hydrogens (tertiary/aromatic N) is 3. The fourth-order valence-corrected chi connectivity index (χ4v) is 3.66. The van der Waals surface area contributed by atoms with Gasteiger partial charge in [-0.05, 0) is 19.4 Å². The van der Waals surface area contributed by atoms with Crippen molar-refractivity contribution >= 4 is 17.8 Å². The van der Waals surface area contributed by atoms with E-state index < -0.39 is 11.6 Å². The number of H-pyrrole nitrogens is 1. The third-order valence-corrected chi connectivity index (χ3v) is 5.13. The molecule has 8 heteroatoms. The smallest absolute Gasteiger partial charge is 0.325 e. The van der Waals surface area contributed by atoms with Gasteiger partial charge in [0.1, 0.15) is 12.1 Å². The van der Waals surface area contributed by atoms with Crippen LogP contribution in [0.2, 0.25) is 0 Å². The van der Waals surface area contributed by atoms with Gasteiger partial charge in [-0.1, -0.05) is 30.3 Å². The van der Waals surface area contributed by atoms with Gasteiger partial charge in [0.2, 0.25) is 5.91 Å². The number of hydrogen-bond acceptors (Lipinski definition) is 4. The maximum Gasteiger partial charge on any atom is 0.325 e. The first-order valence-corrected chi connectivity index (χ1v) is 8.86. The van der Waals surface area contributed by atoms with Gasteiger partial charge in [-0.2, -0.15) is 0 Å². The Morgan fingerprint density at radius 2 is 2.00 bits per heavy atom. The number of carbonyl (C=O) groups is 3. The maximum absolute atomic E-state index is 12.9. The molecule has 27 heavy (non-hydrogen) atoms. The lowest BCUT2D eigenvalue weighted by Gasteiger charge is -2.33. The first-order valence-electron chi connectivity index (χ1n) is 8.86. The van der Waals surface area contributed by atoms with Crippen LogP contribution in [0.15, 0.2) is 36.7 Å². The van der Waals surface area contributed by atoms with Crippen LogP contribution in [0.25, 0.3) is 0 Å². The minimum Gasteiger partial charge on any atom is -0.347 e. The Labute approximate surface area is 156 Å². The number of carbonyl (C=O) groups excluding carboxylic acids is 3. The summed E-state index contributed by atoms with van der Waals surface area (Å²) in [4.78, 5) is 47.5. The summed E-state index contributed by atoms with van der Waals surface area (Å²) in [6.45, 7) is 3.82. The third-order valence-electron chi connectivity index (χ3n) is 5.13. The van der Waals surface area contributed by atoms with E-state index in [-0.39, 0.29) is 24.3 Å². The predicted octanol–water partition coefficient (Wildman–Crippen LogP) is 1.21. The van der Waals surface area contributed by atoms with Gasteiger partial charge in [-0.15, -0.1) is 0 Å². The van der Waals surface area contributed by atoms with Crippen molar-refractivity contribution in [2.75, 3.05) is 13.1 Å². The summed E-state index contributed by atoms with van der Waals surface area (Å²) in [6, 6.07) is 9.35. The quantitative estimate of drug-likeness (QED) is 0.797. The minimum atomic E-state index is -0.984. The number of hydrogen-bond donors (Lipinski definition) is 2. The standard InChI is InChI=1S/C19H21N5O3/c1-19(2)17(26)24(18(27)22-19)10-15(25)23-8-13(12-6-4-3-5-7-12)16-14(9-23)20-11-21-16/h3-7,11,13H,8-10H2,1-2H3,(H,20,21)(H,22,27). The lowest BCUT2D eigenvalue weighted by molar-refractivity contribution is -0.139. The predicted molar refractivity (Wildman–Crippen MR) is 96.6 cm³/mol. The number of imide groups is 1. The number of fused-ring (bicyclic) bond motifs is 1. The lowest BCUT2D eigenvalue weighted by atomic mass is 9.91. The molecule has 0 saturated carbocycles. The zero-order valence-electron chi connectivity index (χ0n) is 15.2. The van der Waals surface area contributed by atoms with E-state index in [0.29, 0.717) is 13.1 Å². The zero-order valence-corrected chi connectivity index (χ0v) is 15.2. The highest BCUT2D eigenvalue weighted by molar-refractivity contribution is 6.08. The molecule has 0 spiro atoms.